The molecule has 0 bridgehead atoms. The Bertz CT molecular complexity index is 137. The number of hydrogen-bond acceptors (Lipinski definition) is 3. The van der Waals surface area contributed by atoms with Gasteiger partial charge in [0.15, 0.2) is 0 Å². The molecule has 0 aromatic heterocycles. The first-order chi connectivity index (χ1) is 3.48. The second-order valence-electron chi connectivity index (χ2n) is 0.994. The van der Waals surface area contributed by atoms with E-state index in [-0.39, 0.29) is 0 Å². The van der Waals surface area contributed by atoms with Gasteiger partial charge in [0.05, 0.1) is 0 Å². The van der Waals surface area contributed by atoms with E-state index in [4.69, 9.17) is 9.79 Å². The summed E-state index contributed by atoms with van der Waals surface area (Å²) in [5, 5.41) is 0. The summed E-state index contributed by atoms with van der Waals surface area (Å²) in [5.74, 6) is 4.37. The van der Waals surface area contributed by atoms with E-state index in [9.17, 15) is 9.36 Å². The minimum Gasteiger partial charge on any atom is -0.318 e. The van der Waals surface area contributed by atoms with E-state index in [1.54, 1.807) is 0 Å². The maximum Gasteiger partial charge on any atom is 0.414 e. The quantitative estimate of drug-likeness (QED) is 0.157. The molecule has 0 rings (SSSR count). The van der Waals surface area contributed by atoms with E-state index < -0.39 is 13.2 Å². The molecule has 0 aromatic carbocycles. The number of carbonyl (C=O) groups is 1. The van der Waals surface area contributed by atoms with Crippen LogP contribution in [0, 0.1) is 0 Å². The normalized spacial score (nSPS) is 10.9. The third kappa shape index (κ3) is 2.04. The van der Waals surface area contributed by atoms with Crippen LogP contribution in [0.5, 0.6) is 0 Å². The smallest absolute Gasteiger partial charge is 0.318 e. The molecule has 8 heavy (non-hydrogen) atoms. The molecule has 0 aliphatic carbocycles. The van der Waals surface area contributed by atoms with E-state index in [0.29, 0.717) is 0 Å². The summed E-state index contributed by atoms with van der Waals surface area (Å²) >= 11 is 0. The van der Waals surface area contributed by atoms with Gasteiger partial charge in [-0.3, -0.25) is 10.2 Å². The highest BCUT2D eigenvalue weighted by molar-refractivity contribution is 7.69. The average Bonchev–Trinajstić information content (AvgIpc) is 1.62. The first-order valence-electron chi connectivity index (χ1n) is 1.55. The maximum absolute atomic E-state index is 9.83. The van der Waals surface area contributed by atoms with Crippen molar-refractivity contribution < 1.29 is 19.1 Å². The SMILES string of the molecule is NNC(=O)P(=O)(O)O. The van der Waals surface area contributed by atoms with Crippen molar-refractivity contribution in [3.05, 3.63) is 0 Å². The van der Waals surface area contributed by atoms with E-state index in [1.807, 2.05) is 0 Å². The van der Waals surface area contributed by atoms with E-state index in [1.165, 1.54) is 5.43 Å². The lowest BCUT2D eigenvalue weighted by Gasteiger charge is -1.97. The number of nitrogens with two attached hydrogens (primary N) is 1. The molecule has 7 heteroatoms. The Kier molecular flexibility index (Phi) is 2.12. The molecule has 1 amide bonds. The maximum atomic E-state index is 9.83. The fourth-order valence-corrected chi connectivity index (χ4v) is 0.252. The van der Waals surface area contributed by atoms with Gasteiger partial charge in [-0.15, -0.1) is 0 Å². The lowest BCUT2D eigenvalue weighted by Crippen LogP contribution is -2.28. The molecule has 0 heterocycles. The van der Waals surface area contributed by atoms with Crippen molar-refractivity contribution in [3.63, 3.8) is 0 Å². The predicted octanol–water partition coefficient (Wildman–Crippen LogP) is -1.25. The molecule has 0 spiro atoms. The van der Waals surface area contributed by atoms with E-state index in [2.05, 4.69) is 5.84 Å². The van der Waals surface area contributed by atoms with Crippen LogP contribution in [-0.4, -0.2) is 15.4 Å². The highest BCUT2D eigenvalue weighted by Gasteiger charge is 2.23. The zero-order chi connectivity index (χ0) is 6.78. The molecular formula is CH5N2O4P. The van der Waals surface area contributed by atoms with Crippen LogP contribution in [0.4, 0.5) is 4.79 Å². The molecule has 0 fully saturated rings. The second kappa shape index (κ2) is 2.23. The minimum atomic E-state index is -4.63. The van der Waals surface area contributed by atoms with Crippen molar-refractivity contribution in [1.82, 2.24) is 5.43 Å². The van der Waals surface area contributed by atoms with E-state index in [0.717, 1.165) is 0 Å². The van der Waals surface area contributed by atoms with Crippen LogP contribution >= 0.6 is 7.60 Å². The van der Waals surface area contributed by atoms with Gasteiger partial charge in [0.2, 0.25) is 0 Å². The van der Waals surface area contributed by atoms with Crippen molar-refractivity contribution in [3.8, 4) is 0 Å². The van der Waals surface area contributed by atoms with Crippen LogP contribution in [0.2, 0.25) is 0 Å². The van der Waals surface area contributed by atoms with Crippen molar-refractivity contribution in [1.29, 1.82) is 0 Å². The minimum absolute atomic E-state index is 1.30. The van der Waals surface area contributed by atoms with Gasteiger partial charge in [0.1, 0.15) is 0 Å². The Morgan fingerprint density at radius 1 is 1.62 bits per heavy atom. The first kappa shape index (κ1) is 7.58. The zero-order valence-electron chi connectivity index (χ0n) is 3.74. The molecule has 0 aliphatic rings. The number of hydrazine groups is 1. The lowest BCUT2D eigenvalue weighted by atomic mass is 11.4. The molecule has 0 saturated carbocycles. The summed E-state index contributed by atoms with van der Waals surface area (Å²) in [6.45, 7) is 0. The molecule has 6 nitrogen and oxygen atoms in total. The van der Waals surface area contributed by atoms with Gasteiger partial charge in [0.25, 0.3) is 0 Å². The average molecular weight is 140 g/mol. The van der Waals surface area contributed by atoms with Gasteiger partial charge in [-0.25, -0.2) is 10.4 Å². The summed E-state index contributed by atoms with van der Waals surface area (Å²) in [4.78, 5) is 25.6. The summed E-state index contributed by atoms with van der Waals surface area (Å²) < 4.78 is 9.76. The number of nitrogens with one attached hydrogen (secondary N) is 1. The number of hydrogen-bond donors (Lipinski definition) is 4. The Balaban J connectivity index is 4.04. The highest BCUT2D eigenvalue weighted by atomic mass is 31.2. The van der Waals surface area contributed by atoms with Crippen molar-refractivity contribution in [2.24, 2.45) is 5.84 Å². The third-order valence-corrected chi connectivity index (χ3v) is 1.05. The Morgan fingerprint density at radius 3 is 2.00 bits per heavy atom. The van der Waals surface area contributed by atoms with Gasteiger partial charge in [-0.1, -0.05) is 0 Å². The molecular weight excluding hydrogens is 135 g/mol. The fourth-order valence-electron chi connectivity index (χ4n) is 0.0841. The Hall–Kier alpha value is -0.420. The van der Waals surface area contributed by atoms with Crippen molar-refractivity contribution >= 4 is 13.2 Å². The van der Waals surface area contributed by atoms with Gasteiger partial charge in [-0.2, -0.15) is 0 Å². The zero-order valence-corrected chi connectivity index (χ0v) is 4.63. The fraction of sp³-hybridized carbons (Fsp3) is 0. The van der Waals surface area contributed by atoms with E-state index >= 15 is 0 Å². The highest BCUT2D eigenvalue weighted by Crippen LogP contribution is 2.34. The van der Waals surface area contributed by atoms with Gasteiger partial charge < -0.3 is 9.79 Å². The summed E-state index contributed by atoms with van der Waals surface area (Å²) in [7, 11) is -4.63. The molecule has 0 radical (unpaired) electrons. The summed E-state index contributed by atoms with van der Waals surface area (Å²) in [5.41, 5.74) is -0.172. The lowest BCUT2D eigenvalue weighted by molar-refractivity contribution is 0.249. The monoisotopic (exact) mass is 140 g/mol. The van der Waals surface area contributed by atoms with Crippen LogP contribution in [0.3, 0.4) is 0 Å². The van der Waals surface area contributed by atoms with Crippen LogP contribution in [-0.2, 0) is 4.57 Å². The molecule has 0 atom stereocenters. The summed E-state index contributed by atoms with van der Waals surface area (Å²) in [6, 6.07) is 0. The topological polar surface area (TPSA) is 113 Å². The Morgan fingerprint density at radius 2 is 2.00 bits per heavy atom. The number of carbonyl (C=O) groups excluding carboxylic acids is 1. The Labute approximate surface area is 44.8 Å². The van der Waals surface area contributed by atoms with Crippen LogP contribution in [0.25, 0.3) is 0 Å². The van der Waals surface area contributed by atoms with Crippen LogP contribution in [0.15, 0.2) is 0 Å². The molecule has 0 unspecified atom stereocenters. The molecule has 0 aliphatic heterocycles. The molecule has 0 aromatic rings. The van der Waals surface area contributed by atoms with Crippen LogP contribution in [0.1, 0.15) is 0 Å². The van der Waals surface area contributed by atoms with Crippen molar-refractivity contribution in [2.75, 3.05) is 0 Å². The number of rotatable bonds is 1. The number of amides is 1. The van der Waals surface area contributed by atoms with Gasteiger partial charge in [-0.05, 0) is 0 Å². The molecule has 0 saturated heterocycles. The van der Waals surface area contributed by atoms with Crippen LogP contribution < -0.4 is 11.3 Å². The second-order valence-corrected chi connectivity index (χ2v) is 2.49. The van der Waals surface area contributed by atoms with Gasteiger partial charge in [0, 0.05) is 0 Å². The van der Waals surface area contributed by atoms with Crippen molar-refractivity contribution in [2.45, 2.75) is 0 Å². The third-order valence-electron chi connectivity index (χ3n) is 0.388. The van der Waals surface area contributed by atoms with Gasteiger partial charge >= 0.3 is 13.2 Å². The largest absolute Gasteiger partial charge is 0.414 e. The molecule has 5 N–H and O–H groups in total. The standard InChI is InChI=1S/CH5N2O4P/c2-3-1(4)8(5,6)7/h2H2,(H,3,4)(H2,5,6,7). The summed E-state index contributed by atoms with van der Waals surface area (Å²) in [6.07, 6.45) is 0. The predicted molar refractivity (Wildman–Crippen MR) is 24.8 cm³/mol. The molecule has 48 valence electrons. The first-order valence-corrected chi connectivity index (χ1v) is 3.16.